The molecule has 0 radical (unpaired) electrons. The Morgan fingerprint density at radius 3 is 3.00 bits per heavy atom. The number of rotatable bonds is 4. The molecular weight excluding hydrogens is 234 g/mol. The average molecular weight is 239 g/mol. The van der Waals surface area contributed by atoms with Crippen LogP contribution in [0.3, 0.4) is 0 Å². The summed E-state index contributed by atoms with van der Waals surface area (Å²) in [5, 5.41) is 13.0. The van der Waals surface area contributed by atoms with Crippen LogP contribution in [0.25, 0.3) is 10.8 Å². The Labute approximate surface area is 92.9 Å². The summed E-state index contributed by atoms with van der Waals surface area (Å²) in [7, 11) is 0. The SMILES string of the molecule is O=CNc1nc(-c2ccco2)sc1[N+](=O)[O-]. The Kier molecular flexibility index (Phi) is 2.64. The Morgan fingerprint density at radius 2 is 2.44 bits per heavy atom. The van der Waals surface area contributed by atoms with Crippen LogP contribution in [-0.2, 0) is 4.79 Å². The van der Waals surface area contributed by atoms with E-state index in [0.717, 1.165) is 11.3 Å². The summed E-state index contributed by atoms with van der Waals surface area (Å²) in [6.45, 7) is 0. The van der Waals surface area contributed by atoms with Crippen molar-refractivity contribution in [3.63, 3.8) is 0 Å². The predicted octanol–water partition coefficient (Wildman–Crippen LogP) is 1.88. The van der Waals surface area contributed by atoms with Crippen molar-refractivity contribution in [2.45, 2.75) is 0 Å². The molecule has 82 valence electrons. The van der Waals surface area contributed by atoms with E-state index in [2.05, 4.69) is 10.3 Å². The smallest absolute Gasteiger partial charge is 0.368 e. The zero-order valence-electron chi connectivity index (χ0n) is 7.75. The van der Waals surface area contributed by atoms with Gasteiger partial charge in [-0.2, -0.15) is 0 Å². The fourth-order valence-electron chi connectivity index (χ4n) is 1.09. The van der Waals surface area contributed by atoms with Gasteiger partial charge in [0.15, 0.2) is 10.8 Å². The van der Waals surface area contributed by atoms with Crippen LogP contribution >= 0.6 is 11.3 Å². The number of carbonyl (C=O) groups is 1. The Balaban J connectivity index is 2.46. The zero-order valence-corrected chi connectivity index (χ0v) is 8.56. The van der Waals surface area contributed by atoms with Crippen LogP contribution in [0.2, 0.25) is 0 Å². The van der Waals surface area contributed by atoms with Gasteiger partial charge in [0.1, 0.15) is 0 Å². The topological polar surface area (TPSA) is 98.3 Å². The molecule has 0 aromatic carbocycles. The molecule has 1 N–H and O–H groups in total. The molecule has 7 nitrogen and oxygen atoms in total. The number of nitro groups is 1. The maximum Gasteiger partial charge on any atom is 0.368 e. The second-order valence-electron chi connectivity index (χ2n) is 2.67. The lowest BCUT2D eigenvalue weighted by atomic mass is 10.5. The van der Waals surface area contributed by atoms with E-state index in [4.69, 9.17) is 4.42 Å². The van der Waals surface area contributed by atoms with E-state index in [0.29, 0.717) is 17.2 Å². The van der Waals surface area contributed by atoms with Gasteiger partial charge in [-0.1, -0.05) is 0 Å². The number of hydrogen-bond acceptors (Lipinski definition) is 6. The molecule has 0 aliphatic carbocycles. The molecule has 0 aliphatic rings. The zero-order chi connectivity index (χ0) is 11.5. The van der Waals surface area contributed by atoms with E-state index in [-0.39, 0.29) is 10.8 Å². The van der Waals surface area contributed by atoms with E-state index in [9.17, 15) is 14.9 Å². The number of nitrogens with one attached hydrogen (secondary N) is 1. The highest BCUT2D eigenvalue weighted by Crippen LogP contribution is 2.36. The van der Waals surface area contributed by atoms with Gasteiger partial charge in [-0.05, 0) is 23.5 Å². The lowest BCUT2D eigenvalue weighted by molar-refractivity contribution is -0.379. The molecular formula is C8H5N3O4S. The molecule has 0 fully saturated rings. The molecule has 2 rings (SSSR count). The maximum absolute atomic E-state index is 10.7. The molecule has 0 spiro atoms. The maximum atomic E-state index is 10.7. The molecule has 0 saturated heterocycles. The predicted molar refractivity (Wildman–Crippen MR) is 56.2 cm³/mol. The number of nitrogens with zero attached hydrogens (tertiary/aromatic N) is 2. The average Bonchev–Trinajstić information content (AvgIpc) is 2.83. The fraction of sp³-hybridized carbons (Fsp3) is 0. The van der Waals surface area contributed by atoms with Crippen LogP contribution < -0.4 is 5.32 Å². The Bertz CT molecular complexity index is 519. The first-order chi connectivity index (χ1) is 7.72. The van der Waals surface area contributed by atoms with Crippen molar-refractivity contribution in [2.24, 2.45) is 0 Å². The van der Waals surface area contributed by atoms with Crippen LogP contribution in [0, 0.1) is 10.1 Å². The van der Waals surface area contributed by atoms with E-state index >= 15 is 0 Å². The highest BCUT2D eigenvalue weighted by atomic mass is 32.1. The monoisotopic (exact) mass is 239 g/mol. The first kappa shape index (κ1) is 10.3. The molecule has 0 saturated carbocycles. The highest BCUT2D eigenvalue weighted by Gasteiger charge is 2.22. The van der Waals surface area contributed by atoms with Gasteiger partial charge in [-0.15, -0.1) is 0 Å². The van der Waals surface area contributed by atoms with Crippen LogP contribution in [0.15, 0.2) is 22.8 Å². The summed E-state index contributed by atoms with van der Waals surface area (Å²) < 4.78 is 5.05. The summed E-state index contributed by atoms with van der Waals surface area (Å²) in [5.41, 5.74) is 0. The van der Waals surface area contributed by atoms with Crippen molar-refractivity contribution in [2.75, 3.05) is 5.32 Å². The first-order valence-corrected chi connectivity index (χ1v) is 4.93. The number of thiazole rings is 1. The second kappa shape index (κ2) is 4.11. The standard InChI is InChI=1S/C8H5N3O4S/c12-4-9-6-8(11(13)14)16-7(10-6)5-2-1-3-15-5/h1-4H,(H,9,12). The van der Waals surface area contributed by atoms with Gasteiger partial charge in [0.05, 0.1) is 11.2 Å². The highest BCUT2D eigenvalue weighted by molar-refractivity contribution is 7.18. The van der Waals surface area contributed by atoms with E-state index in [1.54, 1.807) is 12.1 Å². The van der Waals surface area contributed by atoms with Crippen LogP contribution in [0.1, 0.15) is 0 Å². The quantitative estimate of drug-likeness (QED) is 0.499. The third kappa shape index (κ3) is 1.77. The summed E-state index contributed by atoms with van der Waals surface area (Å²) in [5.74, 6) is 0.350. The summed E-state index contributed by atoms with van der Waals surface area (Å²) in [6, 6.07) is 3.28. The van der Waals surface area contributed by atoms with Gasteiger partial charge in [-0.25, -0.2) is 4.98 Å². The number of carbonyl (C=O) groups excluding carboxylic acids is 1. The van der Waals surface area contributed by atoms with Crippen LogP contribution in [0.4, 0.5) is 10.8 Å². The van der Waals surface area contributed by atoms with Gasteiger partial charge in [0.25, 0.3) is 0 Å². The van der Waals surface area contributed by atoms with Gasteiger partial charge in [-0.3, -0.25) is 14.9 Å². The number of anilines is 1. The van der Waals surface area contributed by atoms with Crippen molar-refractivity contribution in [3.8, 4) is 10.8 Å². The number of aromatic nitrogens is 1. The van der Waals surface area contributed by atoms with Crippen LogP contribution in [0.5, 0.6) is 0 Å². The van der Waals surface area contributed by atoms with E-state index < -0.39 is 4.92 Å². The minimum atomic E-state index is -0.601. The number of amides is 1. The van der Waals surface area contributed by atoms with Crippen molar-refractivity contribution >= 4 is 28.6 Å². The first-order valence-electron chi connectivity index (χ1n) is 4.11. The van der Waals surface area contributed by atoms with Crippen molar-refractivity contribution in [1.82, 2.24) is 4.98 Å². The fourth-order valence-corrected chi connectivity index (χ4v) is 1.90. The normalized spacial score (nSPS) is 10.0. The van der Waals surface area contributed by atoms with Crippen molar-refractivity contribution < 1.29 is 14.1 Å². The molecule has 0 atom stereocenters. The molecule has 0 unspecified atom stereocenters. The van der Waals surface area contributed by atoms with E-state index in [1.165, 1.54) is 6.26 Å². The van der Waals surface area contributed by atoms with Gasteiger partial charge >= 0.3 is 5.00 Å². The number of hydrogen-bond donors (Lipinski definition) is 1. The third-order valence-electron chi connectivity index (χ3n) is 1.70. The van der Waals surface area contributed by atoms with E-state index in [1.807, 2.05) is 0 Å². The Hall–Kier alpha value is -2.22. The minimum absolute atomic E-state index is 0.0728. The second-order valence-corrected chi connectivity index (χ2v) is 3.65. The molecule has 0 bridgehead atoms. The molecule has 16 heavy (non-hydrogen) atoms. The lowest BCUT2D eigenvalue weighted by Crippen LogP contribution is -1.97. The van der Waals surface area contributed by atoms with Gasteiger partial charge in [0.2, 0.25) is 12.2 Å². The summed E-state index contributed by atoms with van der Waals surface area (Å²) in [6.07, 6.45) is 1.78. The Morgan fingerprint density at radius 1 is 1.62 bits per heavy atom. The van der Waals surface area contributed by atoms with Crippen LogP contribution in [-0.4, -0.2) is 16.3 Å². The lowest BCUT2D eigenvalue weighted by Gasteiger charge is -1.89. The summed E-state index contributed by atoms with van der Waals surface area (Å²) >= 11 is 0.840. The molecule has 2 aromatic rings. The minimum Gasteiger partial charge on any atom is -0.462 e. The van der Waals surface area contributed by atoms with Crippen molar-refractivity contribution in [3.05, 3.63) is 28.5 Å². The van der Waals surface area contributed by atoms with Crippen molar-refractivity contribution in [1.29, 1.82) is 0 Å². The molecule has 8 heteroatoms. The number of furan rings is 1. The third-order valence-corrected chi connectivity index (χ3v) is 2.72. The molecule has 0 aliphatic heterocycles. The van der Waals surface area contributed by atoms with Gasteiger partial charge in [0, 0.05) is 0 Å². The summed E-state index contributed by atoms with van der Waals surface area (Å²) in [4.78, 5) is 24.2. The molecule has 2 aromatic heterocycles. The van der Waals surface area contributed by atoms with Gasteiger partial charge < -0.3 is 9.73 Å². The molecule has 1 amide bonds. The molecule has 2 heterocycles. The largest absolute Gasteiger partial charge is 0.462 e.